The molecule has 0 aromatic carbocycles. The van der Waals surface area contributed by atoms with Crippen LogP contribution in [0.1, 0.15) is 0 Å². The molecule has 0 aliphatic heterocycles. The molecule has 0 aromatic rings. The molecule has 0 fully saturated rings. The van der Waals surface area contributed by atoms with Gasteiger partial charge in [0.15, 0.2) is 0 Å². The van der Waals surface area contributed by atoms with Crippen LogP contribution in [0, 0.1) is 0 Å². The highest BCUT2D eigenvalue weighted by atomic mass is 14.7. The number of nitrogens with two attached hydrogens (primary N) is 1. The van der Waals surface area contributed by atoms with E-state index in [1.54, 1.807) is 7.05 Å². The molecular formula is C3H14N2+2. The van der Waals surface area contributed by atoms with Crippen LogP contribution >= 0.6 is 0 Å². The molecule has 0 amide bonds. The molecule has 0 radical (unpaired) electrons. The number of rotatable bonds is 0. The second kappa shape index (κ2) is 39.5. The van der Waals surface area contributed by atoms with Crippen molar-refractivity contribution in [2.24, 2.45) is 0 Å². The Kier molecular flexibility index (Phi) is 70.0. The molecule has 0 rings (SSSR count). The molecule has 5 heavy (non-hydrogen) atoms. The van der Waals surface area contributed by atoms with E-state index in [-0.39, 0.29) is 0 Å². The van der Waals surface area contributed by atoms with Crippen LogP contribution < -0.4 is 11.1 Å². The predicted octanol–water partition coefficient (Wildman–Crippen LogP) is -2.33. The molecule has 0 saturated heterocycles. The molecule has 0 aliphatic rings. The smallest absolute Gasteiger partial charge is 0.0647 e. The Balaban J connectivity index is 0. The number of hydrogen-bond donors (Lipinski definition) is 2. The van der Waals surface area contributed by atoms with E-state index in [1.807, 2.05) is 19.4 Å². The summed E-state index contributed by atoms with van der Waals surface area (Å²) in [4.78, 5) is 0. The lowest BCUT2D eigenvalue weighted by Crippen LogP contribution is -2.74. The molecule has 2 heteroatoms. The van der Waals surface area contributed by atoms with Crippen LogP contribution in [0.5, 0.6) is 0 Å². The van der Waals surface area contributed by atoms with Gasteiger partial charge in [-0.05, 0) is 0 Å². The van der Waals surface area contributed by atoms with Gasteiger partial charge in [0.05, 0.1) is 21.1 Å². The fourth-order valence-corrected chi connectivity index (χ4v) is 0. The van der Waals surface area contributed by atoms with Crippen molar-refractivity contribution < 1.29 is 11.1 Å². The Bertz CT molecular complexity index is 4.85. The number of quaternary nitrogens is 2. The monoisotopic (exact) mass is 78.1 g/mol. The molecule has 0 atom stereocenters. The van der Waals surface area contributed by atoms with Gasteiger partial charge >= 0.3 is 0 Å². The Hall–Kier alpha value is -0.0800. The first-order chi connectivity index (χ1) is 2.41. The van der Waals surface area contributed by atoms with E-state index in [2.05, 4.69) is 5.73 Å². The quantitative estimate of drug-likeness (QED) is 0.326. The third kappa shape index (κ3) is 2260. The van der Waals surface area contributed by atoms with Crippen molar-refractivity contribution in [2.75, 3.05) is 21.1 Å². The average Bonchev–Trinajstić information content (AvgIpc) is 1.46. The fourth-order valence-electron chi connectivity index (χ4n) is 0. The zero-order valence-corrected chi connectivity index (χ0v) is 4.28. The highest BCUT2D eigenvalue weighted by molar-refractivity contribution is 3.35. The minimum absolute atomic E-state index is 1.75. The first-order valence-corrected chi connectivity index (χ1v) is 1.86. The first-order valence-electron chi connectivity index (χ1n) is 1.86. The Morgan fingerprint density at radius 1 is 1.20 bits per heavy atom. The van der Waals surface area contributed by atoms with E-state index in [0.29, 0.717) is 0 Å². The highest BCUT2D eigenvalue weighted by Gasteiger charge is 1.29. The van der Waals surface area contributed by atoms with E-state index in [4.69, 9.17) is 0 Å². The molecular weight excluding hydrogens is 64.0 g/mol. The van der Waals surface area contributed by atoms with Gasteiger partial charge in [-0.15, -0.1) is 0 Å². The Morgan fingerprint density at radius 3 is 1.20 bits per heavy atom. The van der Waals surface area contributed by atoms with Crippen molar-refractivity contribution in [3.63, 3.8) is 0 Å². The van der Waals surface area contributed by atoms with Gasteiger partial charge in [-0.2, -0.15) is 0 Å². The van der Waals surface area contributed by atoms with E-state index in [9.17, 15) is 0 Å². The second-order valence-corrected chi connectivity index (χ2v) is 0.577. The summed E-state index contributed by atoms with van der Waals surface area (Å²) >= 11 is 0. The Labute approximate surface area is 33.4 Å². The summed E-state index contributed by atoms with van der Waals surface area (Å²) in [5, 5.41) is 2.00. The van der Waals surface area contributed by atoms with Gasteiger partial charge in [0.25, 0.3) is 0 Å². The maximum absolute atomic E-state index is 3.25. The number of hydrogen-bond acceptors (Lipinski definition) is 0. The van der Waals surface area contributed by atoms with Crippen LogP contribution in [0.2, 0.25) is 0 Å². The second-order valence-electron chi connectivity index (χ2n) is 0.577. The van der Waals surface area contributed by atoms with E-state index < -0.39 is 0 Å². The summed E-state index contributed by atoms with van der Waals surface area (Å²) in [6.07, 6.45) is 0. The summed E-state index contributed by atoms with van der Waals surface area (Å²) in [6, 6.07) is 0. The van der Waals surface area contributed by atoms with Gasteiger partial charge < -0.3 is 11.1 Å². The first kappa shape index (κ1) is 8.87. The largest absolute Gasteiger partial charge is 0.360 e. The average molecular weight is 78.2 g/mol. The van der Waals surface area contributed by atoms with Crippen LogP contribution in [-0.2, 0) is 0 Å². The van der Waals surface area contributed by atoms with Gasteiger partial charge in [-0.3, -0.25) is 0 Å². The van der Waals surface area contributed by atoms with E-state index in [0.717, 1.165) is 0 Å². The molecule has 0 aromatic heterocycles. The summed E-state index contributed by atoms with van der Waals surface area (Å²) in [5.41, 5.74) is 3.25. The summed E-state index contributed by atoms with van der Waals surface area (Å²) < 4.78 is 0. The third-order valence-electron chi connectivity index (χ3n) is 0. The van der Waals surface area contributed by atoms with Crippen LogP contribution in [-0.4, -0.2) is 21.1 Å². The molecule has 0 aliphatic carbocycles. The zero-order valence-electron chi connectivity index (χ0n) is 4.28. The Morgan fingerprint density at radius 2 is 1.20 bits per heavy atom. The highest BCUT2D eigenvalue weighted by Crippen LogP contribution is 0.586. The maximum Gasteiger partial charge on any atom is 0.0647 e. The lowest BCUT2D eigenvalue weighted by Gasteiger charge is -1.57. The predicted molar refractivity (Wildman–Crippen MR) is 22.6 cm³/mol. The van der Waals surface area contributed by atoms with Crippen molar-refractivity contribution in [3.8, 4) is 0 Å². The van der Waals surface area contributed by atoms with Gasteiger partial charge in [0.1, 0.15) is 0 Å². The van der Waals surface area contributed by atoms with Crippen LogP contribution in [0.25, 0.3) is 0 Å². The topological polar surface area (TPSA) is 44.2 Å². The van der Waals surface area contributed by atoms with Crippen molar-refractivity contribution in [2.45, 2.75) is 0 Å². The SMILES string of the molecule is C[NH2+]C.C[NH3+]. The molecule has 0 spiro atoms. The lowest BCUT2D eigenvalue weighted by molar-refractivity contribution is -0.597. The summed E-state index contributed by atoms with van der Waals surface area (Å²) in [6.45, 7) is 0. The molecule has 2 nitrogen and oxygen atoms in total. The lowest BCUT2D eigenvalue weighted by atomic mass is 11.3. The van der Waals surface area contributed by atoms with Gasteiger partial charge in [-0.1, -0.05) is 0 Å². The molecule has 0 heterocycles. The molecule has 34 valence electrons. The van der Waals surface area contributed by atoms with Crippen molar-refractivity contribution >= 4 is 0 Å². The minimum atomic E-state index is 1.75. The summed E-state index contributed by atoms with van der Waals surface area (Å²) in [5.74, 6) is 0. The molecule has 0 bridgehead atoms. The van der Waals surface area contributed by atoms with E-state index in [1.165, 1.54) is 0 Å². The molecule has 5 N–H and O–H groups in total. The summed E-state index contributed by atoms with van der Waals surface area (Å²) in [7, 11) is 5.75. The van der Waals surface area contributed by atoms with Crippen molar-refractivity contribution in [1.29, 1.82) is 0 Å². The van der Waals surface area contributed by atoms with E-state index >= 15 is 0 Å². The third-order valence-corrected chi connectivity index (χ3v) is 0. The van der Waals surface area contributed by atoms with Crippen LogP contribution in [0.4, 0.5) is 0 Å². The van der Waals surface area contributed by atoms with Crippen molar-refractivity contribution in [1.82, 2.24) is 0 Å². The van der Waals surface area contributed by atoms with Crippen molar-refractivity contribution in [3.05, 3.63) is 0 Å². The molecule has 0 saturated carbocycles. The minimum Gasteiger partial charge on any atom is -0.360 e. The fraction of sp³-hybridized carbons (Fsp3) is 1.00. The van der Waals surface area contributed by atoms with Gasteiger partial charge in [0, 0.05) is 0 Å². The van der Waals surface area contributed by atoms with Crippen LogP contribution in [0.15, 0.2) is 0 Å². The van der Waals surface area contributed by atoms with Gasteiger partial charge in [-0.25, -0.2) is 0 Å². The van der Waals surface area contributed by atoms with Crippen LogP contribution in [0.3, 0.4) is 0 Å². The standard InChI is InChI=1S/C2H7N.CH5N/c1-3-2;1-2/h3H,1-2H3;2H2,1H3/p+2. The van der Waals surface area contributed by atoms with Gasteiger partial charge in [0.2, 0.25) is 0 Å². The zero-order chi connectivity index (χ0) is 4.71. The normalized spacial score (nSPS) is 4.80. The molecule has 0 unspecified atom stereocenters. The maximum atomic E-state index is 3.25.